The molecule has 120 valence electrons. The van der Waals surface area contributed by atoms with Crippen molar-refractivity contribution < 1.29 is 4.74 Å². The highest BCUT2D eigenvalue weighted by Gasteiger charge is 2.18. The highest BCUT2D eigenvalue weighted by Crippen LogP contribution is 2.27. The van der Waals surface area contributed by atoms with Crippen LogP contribution in [0.4, 0.5) is 0 Å². The van der Waals surface area contributed by atoms with E-state index >= 15 is 0 Å². The zero-order chi connectivity index (χ0) is 16.1. The fraction of sp³-hybridized carbons (Fsp3) is 0.474. The van der Waals surface area contributed by atoms with Crippen LogP contribution < -0.4 is 5.84 Å². The number of hydrogen-bond acceptors (Lipinski definition) is 4. The number of benzene rings is 1. The molecule has 0 amide bonds. The molecule has 3 rings (SSSR count). The summed E-state index contributed by atoms with van der Waals surface area (Å²) in [7, 11) is 0. The Balaban J connectivity index is 1.67. The predicted molar refractivity (Wildman–Crippen MR) is 93.7 cm³/mol. The Hall–Kier alpha value is -2.12. The molecular weight excluding hydrogens is 286 g/mol. The largest absolute Gasteiger partial charge is 0.376 e. The average molecular weight is 309 g/mol. The molecule has 1 aliphatic carbocycles. The number of ether oxygens (including phenoxy) is 1. The number of nitrogens with zero attached hydrogens (tertiary/aromatic N) is 2. The Morgan fingerprint density at radius 2 is 2.04 bits per heavy atom. The Bertz CT molecular complexity index is 654. The fourth-order valence-electron chi connectivity index (χ4n) is 2.60. The normalized spacial score (nSPS) is 21.9. The van der Waals surface area contributed by atoms with Gasteiger partial charge < -0.3 is 10.6 Å². The SMILES string of the molecule is CC(=NCC1CCCO1)/C(=N\N)c1ccc(C#CC2CC2)cc1. The zero-order valence-corrected chi connectivity index (χ0v) is 13.6. The molecule has 1 aliphatic heterocycles. The van der Waals surface area contributed by atoms with E-state index in [1.807, 2.05) is 31.2 Å². The molecule has 1 heterocycles. The topological polar surface area (TPSA) is 60.0 Å². The molecular formula is C19H23N3O. The van der Waals surface area contributed by atoms with Gasteiger partial charge in [0.15, 0.2) is 0 Å². The van der Waals surface area contributed by atoms with Crippen molar-refractivity contribution in [1.29, 1.82) is 0 Å². The van der Waals surface area contributed by atoms with Gasteiger partial charge in [-0.25, -0.2) is 0 Å². The minimum absolute atomic E-state index is 0.240. The van der Waals surface area contributed by atoms with E-state index in [-0.39, 0.29) is 6.10 Å². The van der Waals surface area contributed by atoms with E-state index in [4.69, 9.17) is 10.6 Å². The molecule has 4 nitrogen and oxygen atoms in total. The van der Waals surface area contributed by atoms with Crippen LogP contribution in [0.3, 0.4) is 0 Å². The van der Waals surface area contributed by atoms with E-state index in [9.17, 15) is 0 Å². The summed E-state index contributed by atoms with van der Waals surface area (Å²) < 4.78 is 5.60. The maximum absolute atomic E-state index is 5.60. The lowest BCUT2D eigenvalue weighted by Gasteiger charge is -2.08. The molecule has 0 radical (unpaired) electrons. The van der Waals surface area contributed by atoms with Gasteiger partial charge in [-0.15, -0.1) is 0 Å². The van der Waals surface area contributed by atoms with Crippen molar-refractivity contribution >= 4 is 11.4 Å². The van der Waals surface area contributed by atoms with Gasteiger partial charge in [-0.2, -0.15) is 5.10 Å². The summed E-state index contributed by atoms with van der Waals surface area (Å²) in [5.41, 5.74) is 3.58. The summed E-state index contributed by atoms with van der Waals surface area (Å²) in [5.74, 6) is 12.7. The average Bonchev–Trinajstić information content (AvgIpc) is 3.26. The summed E-state index contributed by atoms with van der Waals surface area (Å²) in [6.07, 6.45) is 4.94. The Kier molecular flexibility index (Phi) is 5.09. The first-order valence-electron chi connectivity index (χ1n) is 8.29. The lowest BCUT2D eigenvalue weighted by molar-refractivity contribution is 0.118. The van der Waals surface area contributed by atoms with E-state index in [1.54, 1.807) is 0 Å². The molecule has 2 N–H and O–H groups in total. The standard InChI is InChI=1S/C19H23N3O/c1-14(21-13-18-3-2-12-23-18)19(22-20)17-10-8-16(9-11-17)7-6-15-4-5-15/h8-11,15,18H,2-5,12-13,20H2,1H3/b21-14?,22-19+. The van der Waals surface area contributed by atoms with Gasteiger partial charge >= 0.3 is 0 Å². The third kappa shape index (κ3) is 4.43. The molecule has 1 unspecified atom stereocenters. The summed E-state index contributed by atoms with van der Waals surface area (Å²) in [6, 6.07) is 8.05. The van der Waals surface area contributed by atoms with Gasteiger partial charge in [0.2, 0.25) is 0 Å². The molecule has 0 aromatic heterocycles. The van der Waals surface area contributed by atoms with Gasteiger partial charge in [0, 0.05) is 23.7 Å². The van der Waals surface area contributed by atoms with Crippen LogP contribution in [0, 0.1) is 17.8 Å². The molecule has 0 spiro atoms. The lowest BCUT2D eigenvalue weighted by atomic mass is 10.0. The first-order valence-corrected chi connectivity index (χ1v) is 8.29. The summed E-state index contributed by atoms with van der Waals surface area (Å²) >= 11 is 0. The summed E-state index contributed by atoms with van der Waals surface area (Å²) in [4.78, 5) is 4.60. The van der Waals surface area contributed by atoms with Crippen LogP contribution in [0.25, 0.3) is 0 Å². The second kappa shape index (κ2) is 7.43. The number of nitrogens with two attached hydrogens (primary N) is 1. The van der Waals surface area contributed by atoms with Gasteiger partial charge in [0.25, 0.3) is 0 Å². The van der Waals surface area contributed by atoms with E-state index < -0.39 is 0 Å². The van der Waals surface area contributed by atoms with E-state index in [0.29, 0.717) is 12.5 Å². The van der Waals surface area contributed by atoms with Gasteiger partial charge in [0.1, 0.15) is 5.71 Å². The van der Waals surface area contributed by atoms with E-state index in [0.717, 1.165) is 42.0 Å². The van der Waals surface area contributed by atoms with E-state index in [1.165, 1.54) is 12.8 Å². The van der Waals surface area contributed by atoms with Crippen molar-refractivity contribution in [2.24, 2.45) is 21.9 Å². The molecule has 1 saturated carbocycles. The van der Waals surface area contributed by atoms with Crippen LogP contribution in [-0.2, 0) is 4.74 Å². The maximum atomic E-state index is 5.60. The minimum Gasteiger partial charge on any atom is -0.376 e. The quantitative estimate of drug-likeness (QED) is 0.402. The maximum Gasteiger partial charge on any atom is 0.111 e. The number of aliphatic imine (C=N–C) groups is 1. The fourth-order valence-corrected chi connectivity index (χ4v) is 2.60. The monoisotopic (exact) mass is 309 g/mol. The van der Waals surface area contributed by atoms with Gasteiger partial charge in [-0.05, 0) is 44.7 Å². The molecule has 1 aromatic carbocycles. The van der Waals surface area contributed by atoms with Crippen molar-refractivity contribution in [2.75, 3.05) is 13.2 Å². The van der Waals surface area contributed by atoms with Crippen LogP contribution >= 0.6 is 0 Å². The predicted octanol–water partition coefficient (Wildman–Crippen LogP) is 2.75. The second-order valence-electron chi connectivity index (χ2n) is 6.16. The van der Waals surface area contributed by atoms with Gasteiger partial charge in [-0.3, -0.25) is 4.99 Å². The van der Waals surface area contributed by atoms with Crippen molar-refractivity contribution in [1.82, 2.24) is 0 Å². The van der Waals surface area contributed by atoms with Crippen molar-refractivity contribution in [3.8, 4) is 11.8 Å². The minimum atomic E-state index is 0.240. The molecule has 1 saturated heterocycles. The third-order valence-corrected chi connectivity index (χ3v) is 4.18. The second-order valence-corrected chi connectivity index (χ2v) is 6.16. The van der Waals surface area contributed by atoms with Crippen LogP contribution in [0.2, 0.25) is 0 Å². The Morgan fingerprint density at radius 3 is 2.65 bits per heavy atom. The smallest absolute Gasteiger partial charge is 0.111 e. The molecule has 0 bridgehead atoms. The van der Waals surface area contributed by atoms with Crippen LogP contribution in [0.15, 0.2) is 34.4 Å². The highest BCUT2D eigenvalue weighted by atomic mass is 16.5. The van der Waals surface area contributed by atoms with Gasteiger partial charge in [-0.1, -0.05) is 24.0 Å². The first-order chi connectivity index (χ1) is 11.3. The molecule has 1 aromatic rings. The molecule has 2 fully saturated rings. The third-order valence-electron chi connectivity index (χ3n) is 4.18. The van der Waals surface area contributed by atoms with Crippen LogP contribution in [0.1, 0.15) is 43.7 Å². The van der Waals surface area contributed by atoms with Crippen LogP contribution in [-0.4, -0.2) is 30.7 Å². The molecule has 2 aliphatic rings. The molecule has 23 heavy (non-hydrogen) atoms. The Morgan fingerprint density at radius 1 is 1.26 bits per heavy atom. The number of hydrogen-bond donors (Lipinski definition) is 1. The highest BCUT2D eigenvalue weighted by molar-refractivity contribution is 6.47. The zero-order valence-electron chi connectivity index (χ0n) is 13.6. The van der Waals surface area contributed by atoms with Crippen molar-refractivity contribution in [3.63, 3.8) is 0 Å². The Labute approximate surface area is 137 Å². The van der Waals surface area contributed by atoms with Crippen LogP contribution in [0.5, 0.6) is 0 Å². The molecule has 1 atom stereocenters. The lowest BCUT2D eigenvalue weighted by Crippen LogP contribution is -2.18. The summed E-state index contributed by atoms with van der Waals surface area (Å²) in [6.45, 7) is 3.47. The number of rotatable bonds is 4. The van der Waals surface area contributed by atoms with E-state index in [2.05, 4.69) is 21.9 Å². The summed E-state index contributed by atoms with van der Waals surface area (Å²) in [5, 5.41) is 3.93. The molecule has 4 heteroatoms. The van der Waals surface area contributed by atoms with Crippen molar-refractivity contribution in [3.05, 3.63) is 35.4 Å². The first kappa shape index (κ1) is 15.8. The van der Waals surface area contributed by atoms with Crippen molar-refractivity contribution in [2.45, 2.75) is 38.7 Å². The number of hydrazone groups is 1. The van der Waals surface area contributed by atoms with Gasteiger partial charge in [0.05, 0.1) is 18.4 Å².